The Hall–Kier alpha value is -3.08. The highest BCUT2D eigenvalue weighted by molar-refractivity contribution is 5.95. The van der Waals surface area contributed by atoms with Gasteiger partial charge in [0.25, 0.3) is 5.91 Å². The second-order valence-corrected chi connectivity index (χ2v) is 4.59. The van der Waals surface area contributed by atoms with Crippen molar-refractivity contribution < 1.29 is 14.3 Å². The lowest BCUT2D eigenvalue weighted by Crippen LogP contribution is -2.17. The van der Waals surface area contributed by atoms with E-state index in [1.807, 2.05) is 36.4 Å². The Kier molecular flexibility index (Phi) is 5.94. The van der Waals surface area contributed by atoms with Crippen molar-refractivity contribution in [3.63, 3.8) is 0 Å². The lowest BCUT2D eigenvalue weighted by Gasteiger charge is -2.03. The summed E-state index contributed by atoms with van der Waals surface area (Å²) in [5.74, 6) is 0.820. The van der Waals surface area contributed by atoms with E-state index in [1.54, 1.807) is 38.5 Å². The molecule has 23 heavy (non-hydrogen) atoms. The number of benzene rings is 2. The normalized spacial score (nSPS) is 11.3. The van der Waals surface area contributed by atoms with E-state index >= 15 is 0 Å². The molecule has 5 heteroatoms. The second kappa shape index (κ2) is 8.38. The van der Waals surface area contributed by atoms with E-state index in [4.69, 9.17) is 9.47 Å². The molecule has 5 nitrogen and oxygen atoms in total. The minimum Gasteiger partial charge on any atom is -0.497 e. The minimum absolute atomic E-state index is 0.324. The number of hydrogen-bond acceptors (Lipinski definition) is 4. The molecule has 118 valence electrons. The van der Waals surface area contributed by atoms with Crippen LogP contribution in [0.5, 0.6) is 5.75 Å². The lowest BCUT2D eigenvalue weighted by atomic mass is 10.2. The summed E-state index contributed by atoms with van der Waals surface area (Å²) < 4.78 is 10.3. The van der Waals surface area contributed by atoms with Crippen LogP contribution in [0.3, 0.4) is 0 Å². The number of ether oxygens (including phenoxy) is 2. The fourth-order valence-electron chi connectivity index (χ4n) is 1.85. The highest BCUT2D eigenvalue weighted by atomic mass is 16.5. The van der Waals surface area contributed by atoms with Crippen molar-refractivity contribution in [3.8, 4) is 5.75 Å². The number of rotatable bonds is 6. The van der Waals surface area contributed by atoms with Gasteiger partial charge < -0.3 is 9.47 Å². The topological polar surface area (TPSA) is 59.9 Å². The van der Waals surface area contributed by atoms with E-state index in [2.05, 4.69) is 10.5 Å². The first-order valence-corrected chi connectivity index (χ1v) is 7.01. The van der Waals surface area contributed by atoms with Gasteiger partial charge in [-0.05, 0) is 29.8 Å². The number of methoxy groups -OCH3 is 2. The molecule has 2 aromatic carbocycles. The van der Waals surface area contributed by atoms with Crippen molar-refractivity contribution in [1.29, 1.82) is 0 Å². The van der Waals surface area contributed by atoms with Crippen molar-refractivity contribution in [1.82, 2.24) is 5.43 Å². The second-order valence-electron chi connectivity index (χ2n) is 4.59. The van der Waals surface area contributed by atoms with Gasteiger partial charge in [0.05, 0.1) is 20.4 Å². The average molecular weight is 310 g/mol. The highest BCUT2D eigenvalue weighted by Gasteiger charge is 2.05. The Bertz CT molecular complexity index is 709. The van der Waals surface area contributed by atoms with Crippen LogP contribution in [0.1, 0.15) is 15.9 Å². The predicted molar refractivity (Wildman–Crippen MR) is 90.4 cm³/mol. The van der Waals surface area contributed by atoms with Crippen molar-refractivity contribution in [2.45, 2.75) is 0 Å². The molecule has 0 bridgehead atoms. The fraction of sp³-hybridized carbons (Fsp3) is 0.111. The SMILES string of the molecule is COC(C=NNC(=O)c1cccc(OC)c1)=Cc1ccccc1. The third-order valence-electron chi connectivity index (χ3n) is 3.03. The molecular formula is C18H18N2O3. The summed E-state index contributed by atoms with van der Waals surface area (Å²) in [4.78, 5) is 12.0. The third kappa shape index (κ3) is 5.00. The summed E-state index contributed by atoms with van der Waals surface area (Å²) >= 11 is 0. The van der Waals surface area contributed by atoms with E-state index < -0.39 is 0 Å². The zero-order valence-corrected chi connectivity index (χ0v) is 13.0. The Labute approximate surface area is 135 Å². The Morgan fingerprint density at radius 3 is 2.57 bits per heavy atom. The molecule has 1 N–H and O–H groups in total. The molecule has 0 radical (unpaired) electrons. The maximum absolute atomic E-state index is 12.0. The van der Waals surface area contributed by atoms with Crippen LogP contribution in [0.25, 0.3) is 6.08 Å². The summed E-state index contributed by atoms with van der Waals surface area (Å²) in [5.41, 5.74) is 3.90. The summed E-state index contributed by atoms with van der Waals surface area (Å²) in [6, 6.07) is 16.5. The largest absolute Gasteiger partial charge is 0.497 e. The van der Waals surface area contributed by atoms with Crippen LogP contribution in [0.2, 0.25) is 0 Å². The summed E-state index contributed by atoms with van der Waals surface area (Å²) in [6.45, 7) is 0. The average Bonchev–Trinajstić information content (AvgIpc) is 2.61. The van der Waals surface area contributed by atoms with Gasteiger partial charge >= 0.3 is 0 Å². The standard InChI is InChI=1S/C18H18N2O3/c1-22-16-10-6-9-15(12-16)18(21)20-19-13-17(23-2)11-14-7-4-3-5-8-14/h3-13H,1-2H3,(H,20,21). The number of hydrogen-bond donors (Lipinski definition) is 1. The molecule has 2 rings (SSSR count). The van der Waals surface area contributed by atoms with E-state index in [-0.39, 0.29) is 5.91 Å². The van der Waals surface area contributed by atoms with E-state index in [1.165, 1.54) is 6.21 Å². The van der Waals surface area contributed by atoms with Crippen LogP contribution in [0.4, 0.5) is 0 Å². The molecular weight excluding hydrogens is 292 g/mol. The number of carbonyl (C=O) groups is 1. The van der Waals surface area contributed by atoms with Crippen LogP contribution in [0.15, 0.2) is 65.5 Å². The maximum atomic E-state index is 12.0. The molecule has 0 heterocycles. The number of carbonyl (C=O) groups excluding carboxylic acids is 1. The monoisotopic (exact) mass is 310 g/mol. The van der Waals surface area contributed by atoms with E-state index in [9.17, 15) is 4.79 Å². The minimum atomic E-state index is -0.324. The van der Waals surface area contributed by atoms with Gasteiger partial charge in [-0.1, -0.05) is 36.4 Å². The van der Waals surface area contributed by atoms with Gasteiger partial charge in [-0.15, -0.1) is 0 Å². The lowest BCUT2D eigenvalue weighted by molar-refractivity contribution is 0.0954. The van der Waals surface area contributed by atoms with Gasteiger partial charge in [-0.3, -0.25) is 4.79 Å². The highest BCUT2D eigenvalue weighted by Crippen LogP contribution is 2.12. The molecule has 0 spiro atoms. The zero-order chi connectivity index (χ0) is 16.5. The van der Waals surface area contributed by atoms with E-state index in [0.717, 1.165) is 5.56 Å². The first-order valence-electron chi connectivity index (χ1n) is 7.01. The van der Waals surface area contributed by atoms with Gasteiger partial charge in [0.1, 0.15) is 11.5 Å². The fourth-order valence-corrected chi connectivity index (χ4v) is 1.85. The summed E-state index contributed by atoms with van der Waals surface area (Å²) in [6.07, 6.45) is 3.27. The van der Waals surface area contributed by atoms with Gasteiger partial charge in [0, 0.05) is 5.56 Å². The van der Waals surface area contributed by atoms with Crippen molar-refractivity contribution in [2.75, 3.05) is 14.2 Å². The molecule has 2 aromatic rings. The van der Waals surface area contributed by atoms with Gasteiger partial charge in [-0.2, -0.15) is 5.10 Å². The third-order valence-corrected chi connectivity index (χ3v) is 3.03. The predicted octanol–water partition coefficient (Wildman–Crippen LogP) is 3.10. The van der Waals surface area contributed by atoms with Crippen LogP contribution in [0, 0.1) is 0 Å². The summed E-state index contributed by atoms with van der Waals surface area (Å²) in [5, 5.41) is 3.91. The molecule has 0 aliphatic heterocycles. The van der Waals surface area contributed by atoms with E-state index in [0.29, 0.717) is 17.1 Å². The molecule has 0 aliphatic carbocycles. The molecule has 0 atom stereocenters. The van der Waals surface area contributed by atoms with Gasteiger partial charge in [-0.25, -0.2) is 5.43 Å². The maximum Gasteiger partial charge on any atom is 0.271 e. The Morgan fingerprint density at radius 1 is 1.09 bits per heavy atom. The quantitative estimate of drug-likeness (QED) is 0.507. The molecule has 1 amide bonds. The number of allylic oxidation sites excluding steroid dienone is 1. The van der Waals surface area contributed by atoms with Crippen molar-refractivity contribution in [3.05, 3.63) is 71.5 Å². The Balaban J connectivity index is 2.01. The number of hydrazone groups is 1. The van der Waals surface area contributed by atoms with Crippen LogP contribution < -0.4 is 10.2 Å². The number of amides is 1. The molecule has 0 unspecified atom stereocenters. The Morgan fingerprint density at radius 2 is 1.87 bits per heavy atom. The first-order chi connectivity index (χ1) is 11.2. The van der Waals surface area contributed by atoms with Crippen LogP contribution in [-0.2, 0) is 4.74 Å². The van der Waals surface area contributed by atoms with Crippen molar-refractivity contribution in [2.24, 2.45) is 5.10 Å². The summed E-state index contributed by atoms with van der Waals surface area (Å²) in [7, 11) is 3.10. The van der Waals surface area contributed by atoms with Crippen molar-refractivity contribution >= 4 is 18.2 Å². The molecule has 0 aromatic heterocycles. The molecule has 0 fully saturated rings. The van der Waals surface area contributed by atoms with Crippen LogP contribution in [-0.4, -0.2) is 26.3 Å². The van der Waals surface area contributed by atoms with Crippen LogP contribution >= 0.6 is 0 Å². The molecule has 0 aliphatic rings. The number of nitrogens with zero attached hydrogens (tertiary/aromatic N) is 1. The molecule has 0 saturated carbocycles. The number of nitrogens with one attached hydrogen (secondary N) is 1. The molecule has 0 saturated heterocycles. The van der Waals surface area contributed by atoms with Gasteiger partial charge in [0.15, 0.2) is 0 Å². The zero-order valence-electron chi connectivity index (χ0n) is 13.0. The smallest absolute Gasteiger partial charge is 0.271 e. The first kappa shape index (κ1) is 16.3. The van der Waals surface area contributed by atoms with Gasteiger partial charge in [0.2, 0.25) is 0 Å².